The maximum Gasteiger partial charge on any atom is 0.163 e. The Morgan fingerprint density at radius 1 is 1.24 bits per heavy atom. The van der Waals surface area contributed by atoms with Crippen molar-refractivity contribution in [3.8, 4) is 11.8 Å². The summed E-state index contributed by atoms with van der Waals surface area (Å²) in [6.07, 6.45) is -0.752. The topological polar surface area (TPSA) is 100 Å². The van der Waals surface area contributed by atoms with Gasteiger partial charge in [0.2, 0.25) is 0 Å². The van der Waals surface area contributed by atoms with Crippen LogP contribution >= 0.6 is 22.9 Å². The number of benzene rings is 1. The molecule has 1 aromatic carbocycles. The lowest BCUT2D eigenvalue weighted by Crippen LogP contribution is -2.41. The van der Waals surface area contributed by atoms with Crippen molar-refractivity contribution < 1.29 is 15.0 Å². The Morgan fingerprint density at radius 3 is 2.68 bits per heavy atom. The number of Topliss-reactive ketones (excluding diaryl/α,β-unsaturated/α-hetero) is 1. The Labute approximate surface area is 230 Å². The second-order valence-electron chi connectivity index (χ2n) is 10.1. The van der Waals surface area contributed by atoms with Crippen LogP contribution in [-0.4, -0.2) is 42.7 Å². The third-order valence-electron chi connectivity index (χ3n) is 7.78. The molecule has 196 valence electrons. The monoisotopic (exact) mass is 548 g/mol. The van der Waals surface area contributed by atoms with Crippen molar-refractivity contribution in [3.63, 3.8) is 0 Å². The number of hydrogen-bond acceptors (Lipinski definition) is 7. The van der Waals surface area contributed by atoms with Gasteiger partial charge in [-0.15, -0.1) is 11.3 Å². The minimum atomic E-state index is -1.21. The lowest BCUT2D eigenvalue weighted by atomic mass is 9.75. The number of nitrogens with zero attached hydrogens (tertiary/aromatic N) is 3. The summed E-state index contributed by atoms with van der Waals surface area (Å²) in [7, 11) is 0. The van der Waals surface area contributed by atoms with Gasteiger partial charge in [0.25, 0.3) is 0 Å². The Bertz CT molecular complexity index is 1590. The maximum atomic E-state index is 12.5. The van der Waals surface area contributed by atoms with Gasteiger partial charge in [-0.05, 0) is 74.4 Å². The van der Waals surface area contributed by atoms with Crippen LogP contribution in [0, 0.1) is 30.1 Å². The predicted octanol–water partition coefficient (Wildman–Crippen LogP) is 4.97. The van der Waals surface area contributed by atoms with Gasteiger partial charge < -0.3 is 20.1 Å². The minimum Gasteiger partial charge on any atom is -0.389 e. The summed E-state index contributed by atoms with van der Waals surface area (Å²) in [5.41, 5.74) is 2.30. The molecule has 0 bridgehead atoms. The fraction of sp³-hybridized carbons (Fsp3) is 0.345. The van der Waals surface area contributed by atoms with Crippen molar-refractivity contribution in [1.82, 2.24) is 14.5 Å². The molecule has 3 heterocycles. The molecule has 38 heavy (non-hydrogen) atoms. The van der Waals surface area contributed by atoms with Gasteiger partial charge in [0, 0.05) is 16.4 Å². The van der Waals surface area contributed by atoms with E-state index in [1.165, 1.54) is 11.8 Å². The number of aromatic nitrogens is 3. The molecule has 4 aromatic rings. The standard InChI is InChI=1S/C29H29ClN4O3S/c1-16-8-10-22(38-16)11-9-21-13-23(31-14-19-6-5-7-20(30)12-19)24-28(33-21)34(15-32-24)25-17(2)29(4,18(3)35)27(37)26(25)36/h5-8,10,12-13,15,17,25-27,36-37H,14H2,1-4H3,(H,31,33)/t17?,25-,26+,27?,29-/m1/s1. The number of pyridine rings is 1. The van der Waals surface area contributed by atoms with Gasteiger partial charge in [0.15, 0.2) is 5.65 Å². The van der Waals surface area contributed by atoms with Crippen molar-refractivity contribution in [2.24, 2.45) is 11.3 Å². The smallest absolute Gasteiger partial charge is 0.163 e. The Hall–Kier alpha value is -3.22. The number of imidazole rings is 1. The SMILES string of the molecule is CC(=O)[C@]1(C)C(O)[C@@H](O)[C@H](n2cnc3c(NCc4cccc(Cl)c4)cc(C#Cc4ccc(C)s4)nc32)C1C. The first-order valence-corrected chi connectivity index (χ1v) is 13.6. The van der Waals surface area contributed by atoms with E-state index in [0.717, 1.165) is 16.1 Å². The van der Waals surface area contributed by atoms with Crippen molar-refractivity contribution in [3.05, 3.63) is 74.8 Å². The molecule has 0 saturated heterocycles. The summed E-state index contributed by atoms with van der Waals surface area (Å²) in [6.45, 7) is 7.58. The average molecular weight is 549 g/mol. The highest BCUT2D eigenvalue weighted by atomic mass is 35.5. The molecule has 0 spiro atoms. The average Bonchev–Trinajstić information content (AvgIpc) is 3.54. The fourth-order valence-electron chi connectivity index (χ4n) is 5.29. The number of halogens is 1. The van der Waals surface area contributed by atoms with Crippen molar-refractivity contribution in [2.75, 3.05) is 5.32 Å². The molecule has 3 aromatic heterocycles. The van der Waals surface area contributed by atoms with E-state index in [1.807, 2.05) is 56.3 Å². The van der Waals surface area contributed by atoms with Crippen LogP contribution in [0.2, 0.25) is 5.02 Å². The van der Waals surface area contributed by atoms with E-state index in [-0.39, 0.29) is 11.7 Å². The number of nitrogens with one attached hydrogen (secondary N) is 1. The molecule has 1 aliphatic carbocycles. The molecular formula is C29H29ClN4O3S. The first-order chi connectivity index (χ1) is 18.1. The van der Waals surface area contributed by atoms with Crippen LogP contribution < -0.4 is 5.32 Å². The second-order valence-corrected chi connectivity index (χ2v) is 11.8. The third-order valence-corrected chi connectivity index (χ3v) is 8.93. The molecule has 7 nitrogen and oxygen atoms in total. The Morgan fingerprint density at radius 2 is 2.03 bits per heavy atom. The molecule has 0 radical (unpaired) electrons. The van der Waals surface area contributed by atoms with Crippen molar-refractivity contribution in [2.45, 2.75) is 52.5 Å². The number of ketones is 1. The van der Waals surface area contributed by atoms with E-state index in [1.54, 1.807) is 29.2 Å². The number of rotatable bonds is 5. The quantitative estimate of drug-likeness (QED) is 0.304. The Balaban J connectivity index is 1.60. The molecular weight excluding hydrogens is 520 g/mol. The number of hydrogen-bond donors (Lipinski definition) is 3. The van der Waals surface area contributed by atoms with Crippen LogP contribution in [0.4, 0.5) is 5.69 Å². The van der Waals surface area contributed by atoms with E-state index in [9.17, 15) is 15.0 Å². The highest BCUT2D eigenvalue weighted by molar-refractivity contribution is 7.12. The number of aliphatic hydroxyl groups is 2. The number of carbonyl (C=O) groups is 1. The zero-order valence-corrected chi connectivity index (χ0v) is 23.1. The summed E-state index contributed by atoms with van der Waals surface area (Å²) in [6, 6.07) is 12.9. The highest BCUT2D eigenvalue weighted by Crippen LogP contribution is 2.50. The molecule has 1 saturated carbocycles. The molecule has 1 aliphatic rings. The number of fused-ring (bicyclic) bond motifs is 1. The molecule has 0 amide bonds. The number of anilines is 1. The fourth-order valence-corrected chi connectivity index (χ4v) is 6.22. The molecule has 5 atom stereocenters. The van der Waals surface area contributed by atoms with Crippen LogP contribution in [0.5, 0.6) is 0 Å². The van der Waals surface area contributed by atoms with Crippen LogP contribution in [-0.2, 0) is 11.3 Å². The summed E-state index contributed by atoms with van der Waals surface area (Å²) in [5, 5.41) is 26.1. The normalized spacial score (nSPS) is 24.8. The lowest BCUT2D eigenvalue weighted by molar-refractivity contribution is -0.135. The summed E-state index contributed by atoms with van der Waals surface area (Å²) >= 11 is 7.78. The van der Waals surface area contributed by atoms with Crippen molar-refractivity contribution in [1.29, 1.82) is 0 Å². The first kappa shape index (κ1) is 26.4. The maximum absolute atomic E-state index is 12.5. The second kappa shape index (κ2) is 10.2. The first-order valence-electron chi connectivity index (χ1n) is 12.4. The van der Waals surface area contributed by atoms with Gasteiger partial charge in [-0.2, -0.15) is 0 Å². The van der Waals surface area contributed by atoms with Crippen LogP contribution in [0.25, 0.3) is 11.2 Å². The molecule has 0 aliphatic heterocycles. The van der Waals surface area contributed by atoms with Gasteiger partial charge >= 0.3 is 0 Å². The van der Waals surface area contributed by atoms with Crippen LogP contribution in [0.15, 0.2) is 48.8 Å². The molecule has 9 heteroatoms. The van der Waals surface area contributed by atoms with Crippen LogP contribution in [0.1, 0.15) is 47.8 Å². The predicted molar refractivity (Wildman–Crippen MR) is 150 cm³/mol. The number of carbonyl (C=O) groups excluding carboxylic acids is 1. The highest BCUT2D eigenvalue weighted by Gasteiger charge is 2.58. The molecule has 3 N–H and O–H groups in total. The van der Waals surface area contributed by atoms with Gasteiger partial charge in [-0.1, -0.05) is 30.7 Å². The molecule has 2 unspecified atom stereocenters. The summed E-state index contributed by atoms with van der Waals surface area (Å²) in [5.74, 6) is 5.82. The minimum absolute atomic E-state index is 0.168. The van der Waals surface area contributed by atoms with Gasteiger partial charge in [0.1, 0.15) is 23.1 Å². The van der Waals surface area contributed by atoms with Gasteiger partial charge in [-0.3, -0.25) is 4.79 Å². The molecule has 5 rings (SSSR count). The zero-order chi connectivity index (χ0) is 27.2. The molecule has 1 fully saturated rings. The van der Waals surface area contributed by atoms with E-state index in [4.69, 9.17) is 16.6 Å². The summed E-state index contributed by atoms with van der Waals surface area (Å²) in [4.78, 5) is 24.1. The number of aliphatic hydroxyl groups excluding tert-OH is 2. The van der Waals surface area contributed by atoms with E-state index in [0.29, 0.717) is 28.4 Å². The third kappa shape index (κ3) is 4.61. The van der Waals surface area contributed by atoms with E-state index >= 15 is 0 Å². The zero-order valence-electron chi connectivity index (χ0n) is 21.6. The lowest BCUT2D eigenvalue weighted by Gasteiger charge is -2.30. The Kier molecular flexibility index (Phi) is 7.05. The largest absolute Gasteiger partial charge is 0.389 e. The van der Waals surface area contributed by atoms with Gasteiger partial charge in [-0.25, -0.2) is 9.97 Å². The van der Waals surface area contributed by atoms with Crippen molar-refractivity contribution >= 4 is 45.6 Å². The van der Waals surface area contributed by atoms with Crippen LogP contribution in [0.3, 0.4) is 0 Å². The summed E-state index contributed by atoms with van der Waals surface area (Å²) < 4.78 is 1.77. The number of aryl methyl sites for hydroxylation is 1. The van der Waals surface area contributed by atoms with E-state index in [2.05, 4.69) is 22.1 Å². The van der Waals surface area contributed by atoms with E-state index < -0.39 is 23.7 Å². The number of thiophene rings is 1. The van der Waals surface area contributed by atoms with Gasteiger partial charge in [0.05, 0.1) is 34.5 Å².